The van der Waals surface area contributed by atoms with Crippen molar-refractivity contribution < 1.29 is 13.5 Å². The number of aromatic nitrogens is 2. The molecule has 0 aromatic carbocycles. The van der Waals surface area contributed by atoms with Crippen LogP contribution in [0.25, 0.3) is 0 Å². The molecule has 112 valence electrons. The molecule has 1 fully saturated rings. The van der Waals surface area contributed by atoms with Crippen molar-refractivity contribution in [1.29, 1.82) is 0 Å². The smallest absolute Gasteiger partial charge is 0.351 e. The highest BCUT2D eigenvalue weighted by Crippen LogP contribution is 2.47. The normalized spacial score (nSPS) is 35.1. The zero-order valence-electron chi connectivity index (χ0n) is 11.7. The Morgan fingerprint density at radius 1 is 1.65 bits per heavy atom. The van der Waals surface area contributed by atoms with Gasteiger partial charge in [0.05, 0.1) is 0 Å². The van der Waals surface area contributed by atoms with Gasteiger partial charge < -0.3 is 10.5 Å². The highest BCUT2D eigenvalue weighted by atomic mass is 19.1. The molecule has 1 aliphatic heterocycles. The van der Waals surface area contributed by atoms with Gasteiger partial charge in [0.25, 0.3) is 0 Å². The molecule has 1 aromatic heterocycles. The number of alkyl halides is 2. The standard InChI is InChI=1S/C13H19F2N3O2/c1-4-13(8(3)14)7(2)10(15)11(20-13)18-6-5-9(16)17-12(18)19/h5-8,10-11H,4H2,1-3H3,(H2,16,17,19)/t7-,8?,10+,11+,13+/m0/s1. The molecule has 0 bridgehead atoms. The van der Waals surface area contributed by atoms with E-state index in [9.17, 15) is 13.6 Å². The van der Waals surface area contributed by atoms with Gasteiger partial charge in [-0.3, -0.25) is 4.57 Å². The predicted octanol–water partition coefficient (Wildman–Crippen LogP) is 1.84. The first kappa shape index (κ1) is 14.9. The number of ether oxygens (including phenoxy) is 1. The minimum atomic E-state index is -1.49. The lowest BCUT2D eigenvalue weighted by Gasteiger charge is -2.33. The van der Waals surface area contributed by atoms with Gasteiger partial charge in [0.1, 0.15) is 17.6 Å². The molecule has 5 nitrogen and oxygen atoms in total. The molecular formula is C13H19F2N3O2. The molecule has 2 rings (SSSR count). The second-order valence-corrected chi connectivity index (χ2v) is 5.21. The first-order valence-corrected chi connectivity index (χ1v) is 6.64. The van der Waals surface area contributed by atoms with Crippen molar-refractivity contribution in [2.45, 2.75) is 51.4 Å². The maximum absolute atomic E-state index is 14.5. The second kappa shape index (κ2) is 5.12. The van der Waals surface area contributed by atoms with Gasteiger partial charge in [-0.25, -0.2) is 13.6 Å². The fraction of sp³-hybridized carbons (Fsp3) is 0.692. The van der Waals surface area contributed by atoms with Crippen LogP contribution >= 0.6 is 0 Å². The van der Waals surface area contributed by atoms with Gasteiger partial charge in [-0.2, -0.15) is 4.98 Å². The third-order valence-electron chi connectivity index (χ3n) is 4.21. The summed E-state index contributed by atoms with van der Waals surface area (Å²) in [4.78, 5) is 15.3. The van der Waals surface area contributed by atoms with E-state index in [-0.39, 0.29) is 5.82 Å². The number of nitrogens with zero attached hydrogens (tertiary/aromatic N) is 2. The summed E-state index contributed by atoms with van der Waals surface area (Å²) in [5.74, 6) is -0.615. The van der Waals surface area contributed by atoms with Crippen LogP contribution in [0.15, 0.2) is 17.1 Å². The first-order valence-electron chi connectivity index (χ1n) is 6.64. The fourth-order valence-corrected chi connectivity index (χ4v) is 2.89. The third kappa shape index (κ3) is 2.09. The first-order chi connectivity index (χ1) is 9.33. The van der Waals surface area contributed by atoms with E-state index in [1.54, 1.807) is 13.8 Å². The molecule has 5 atom stereocenters. The topological polar surface area (TPSA) is 70.1 Å². The van der Waals surface area contributed by atoms with Gasteiger partial charge in [-0.1, -0.05) is 13.8 Å². The Morgan fingerprint density at radius 2 is 2.30 bits per heavy atom. The van der Waals surface area contributed by atoms with Crippen LogP contribution in [0.4, 0.5) is 14.6 Å². The fourth-order valence-electron chi connectivity index (χ4n) is 2.89. The van der Waals surface area contributed by atoms with Crippen molar-refractivity contribution in [2.24, 2.45) is 5.92 Å². The average molecular weight is 287 g/mol. The summed E-state index contributed by atoms with van der Waals surface area (Å²) >= 11 is 0. The van der Waals surface area contributed by atoms with E-state index in [4.69, 9.17) is 10.5 Å². The minimum absolute atomic E-state index is 0.0494. The van der Waals surface area contributed by atoms with E-state index in [1.165, 1.54) is 19.2 Å². The van der Waals surface area contributed by atoms with Crippen molar-refractivity contribution in [1.82, 2.24) is 9.55 Å². The lowest BCUT2D eigenvalue weighted by molar-refractivity contribution is -0.126. The molecule has 2 N–H and O–H groups in total. The largest absolute Gasteiger partial charge is 0.383 e. The Balaban J connectivity index is 2.42. The maximum atomic E-state index is 14.5. The molecule has 0 saturated carbocycles. The van der Waals surface area contributed by atoms with Crippen molar-refractivity contribution in [2.75, 3.05) is 5.73 Å². The number of hydrogen-bond acceptors (Lipinski definition) is 4. The van der Waals surface area contributed by atoms with Crippen LogP contribution in [-0.2, 0) is 4.74 Å². The van der Waals surface area contributed by atoms with Gasteiger partial charge in [0.2, 0.25) is 0 Å². The lowest BCUT2D eigenvalue weighted by atomic mass is 9.82. The minimum Gasteiger partial charge on any atom is -0.383 e. The van der Waals surface area contributed by atoms with Crippen LogP contribution in [0.1, 0.15) is 33.4 Å². The van der Waals surface area contributed by atoms with Crippen LogP contribution in [0.5, 0.6) is 0 Å². The van der Waals surface area contributed by atoms with E-state index in [0.717, 1.165) is 4.57 Å². The number of halogens is 2. The Hall–Kier alpha value is -1.50. The van der Waals surface area contributed by atoms with Crippen molar-refractivity contribution in [3.63, 3.8) is 0 Å². The number of rotatable bonds is 3. The van der Waals surface area contributed by atoms with E-state index in [2.05, 4.69) is 4.98 Å². The summed E-state index contributed by atoms with van der Waals surface area (Å²) in [5.41, 5.74) is 3.46. The number of hydrogen-bond donors (Lipinski definition) is 1. The van der Waals surface area contributed by atoms with Gasteiger partial charge in [0, 0.05) is 12.1 Å². The van der Waals surface area contributed by atoms with E-state index >= 15 is 0 Å². The van der Waals surface area contributed by atoms with Crippen molar-refractivity contribution in [3.05, 3.63) is 22.7 Å². The Kier molecular flexibility index (Phi) is 3.82. The van der Waals surface area contributed by atoms with E-state index < -0.39 is 35.8 Å². The SMILES string of the molecule is CC[C@@]1(C(C)F)O[C@@H](n2ccc(N)nc2=O)[C@H](F)[C@@H]1C. The van der Waals surface area contributed by atoms with Gasteiger partial charge in [-0.15, -0.1) is 0 Å². The van der Waals surface area contributed by atoms with Crippen LogP contribution < -0.4 is 11.4 Å². The van der Waals surface area contributed by atoms with Crippen molar-refractivity contribution >= 4 is 5.82 Å². The second-order valence-electron chi connectivity index (χ2n) is 5.21. The third-order valence-corrected chi connectivity index (χ3v) is 4.21. The number of nitrogen functional groups attached to an aromatic ring is 1. The molecule has 1 saturated heterocycles. The molecule has 0 radical (unpaired) electrons. The summed E-state index contributed by atoms with van der Waals surface area (Å²) in [6.45, 7) is 4.69. The van der Waals surface area contributed by atoms with Crippen molar-refractivity contribution in [3.8, 4) is 0 Å². The summed E-state index contributed by atoms with van der Waals surface area (Å²) < 4.78 is 35.1. The summed E-state index contributed by atoms with van der Waals surface area (Å²) in [6, 6.07) is 1.38. The summed E-state index contributed by atoms with van der Waals surface area (Å²) in [5, 5.41) is 0. The van der Waals surface area contributed by atoms with Gasteiger partial charge >= 0.3 is 5.69 Å². The molecule has 1 unspecified atom stereocenters. The monoisotopic (exact) mass is 287 g/mol. The zero-order valence-corrected chi connectivity index (χ0v) is 11.7. The molecule has 1 aliphatic rings. The predicted molar refractivity (Wildman–Crippen MR) is 70.7 cm³/mol. The van der Waals surface area contributed by atoms with Crippen LogP contribution in [0, 0.1) is 5.92 Å². The molecule has 1 aromatic rings. The molecule has 0 amide bonds. The van der Waals surface area contributed by atoms with Crippen LogP contribution in [-0.4, -0.2) is 27.5 Å². The Bertz CT molecular complexity index is 549. The zero-order chi connectivity index (χ0) is 15.1. The molecule has 0 aliphatic carbocycles. The van der Waals surface area contributed by atoms with Crippen LogP contribution in [0.3, 0.4) is 0 Å². The average Bonchev–Trinajstić information content (AvgIpc) is 2.64. The van der Waals surface area contributed by atoms with Gasteiger partial charge in [0.15, 0.2) is 12.4 Å². The summed E-state index contributed by atoms with van der Waals surface area (Å²) in [7, 11) is 0. The van der Waals surface area contributed by atoms with E-state index in [0.29, 0.717) is 6.42 Å². The molecule has 2 heterocycles. The Morgan fingerprint density at radius 3 is 2.75 bits per heavy atom. The van der Waals surface area contributed by atoms with Gasteiger partial charge in [-0.05, 0) is 19.4 Å². The highest BCUT2D eigenvalue weighted by molar-refractivity contribution is 5.23. The van der Waals surface area contributed by atoms with E-state index in [1.807, 2.05) is 0 Å². The summed E-state index contributed by atoms with van der Waals surface area (Å²) in [6.07, 6.45) is -2.37. The number of nitrogens with two attached hydrogens (primary N) is 1. The number of anilines is 1. The maximum Gasteiger partial charge on any atom is 0.351 e. The molecular weight excluding hydrogens is 268 g/mol. The molecule has 7 heteroatoms. The lowest BCUT2D eigenvalue weighted by Crippen LogP contribution is -2.43. The molecule has 0 spiro atoms. The quantitative estimate of drug-likeness (QED) is 0.921. The Labute approximate surface area is 115 Å². The van der Waals surface area contributed by atoms with Crippen LogP contribution in [0.2, 0.25) is 0 Å². The highest BCUT2D eigenvalue weighted by Gasteiger charge is 2.56. The molecule has 20 heavy (non-hydrogen) atoms.